The lowest BCUT2D eigenvalue weighted by molar-refractivity contribution is -0.192. The van der Waals surface area contributed by atoms with Gasteiger partial charge >= 0.3 is 12.1 Å². The van der Waals surface area contributed by atoms with E-state index in [1.165, 1.54) is 6.92 Å². The van der Waals surface area contributed by atoms with E-state index < -0.39 is 17.7 Å². The zero-order valence-electron chi connectivity index (χ0n) is 17.9. The maximum atomic E-state index is 12.4. The summed E-state index contributed by atoms with van der Waals surface area (Å²) in [5, 5.41) is 18.7. The maximum Gasteiger partial charge on any atom is 0.490 e. The number of ether oxygens (including phenoxy) is 1. The Morgan fingerprint density at radius 2 is 2.00 bits per heavy atom. The average molecular weight is 471 g/mol. The molecule has 1 spiro atoms. The van der Waals surface area contributed by atoms with Crippen molar-refractivity contribution in [2.75, 3.05) is 44.2 Å². The highest BCUT2D eigenvalue weighted by atomic mass is 19.4. The summed E-state index contributed by atoms with van der Waals surface area (Å²) in [5.41, 5.74) is -0.0500. The van der Waals surface area contributed by atoms with Crippen LogP contribution in [0.5, 0.6) is 0 Å². The maximum absolute atomic E-state index is 12.4. The Morgan fingerprint density at radius 1 is 1.30 bits per heavy atom. The number of nitriles is 1. The number of hydrogen-bond donors (Lipinski definition) is 2. The third kappa shape index (κ3) is 7.60. The largest absolute Gasteiger partial charge is 0.490 e. The van der Waals surface area contributed by atoms with E-state index in [2.05, 4.69) is 21.3 Å². The van der Waals surface area contributed by atoms with Gasteiger partial charge in [-0.15, -0.1) is 0 Å². The average Bonchev–Trinajstić information content (AvgIpc) is 2.77. The van der Waals surface area contributed by atoms with Crippen LogP contribution in [0.4, 0.5) is 19.0 Å². The number of morpholine rings is 1. The Hall–Kier alpha value is -3.40. The van der Waals surface area contributed by atoms with Gasteiger partial charge in [-0.2, -0.15) is 18.4 Å². The highest BCUT2D eigenvalue weighted by molar-refractivity contribution is 5.83. The van der Waals surface area contributed by atoms with Crippen molar-refractivity contribution in [3.05, 3.63) is 23.9 Å². The van der Waals surface area contributed by atoms with Crippen LogP contribution >= 0.6 is 0 Å². The molecule has 0 radical (unpaired) electrons. The van der Waals surface area contributed by atoms with Crippen molar-refractivity contribution < 1.29 is 37.4 Å². The van der Waals surface area contributed by atoms with Gasteiger partial charge in [0.05, 0.1) is 26.2 Å². The van der Waals surface area contributed by atoms with E-state index in [0.29, 0.717) is 31.9 Å². The second-order valence-corrected chi connectivity index (χ2v) is 7.58. The van der Waals surface area contributed by atoms with Gasteiger partial charge in [0.15, 0.2) is 0 Å². The minimum Gasteiger partial charge on any atom is -0.475 e. The molecule has 13 heteroatoms. The van der Waals surface area contributed by atoms with Gasteiger partial charge < -0.3 is 25.0 Å². The molecular weight excluding hydrogens is 447 g/mol. The van der Waals surface area contributed by atoms with Crippen molar-refractivity contribution in [1.82, 2.24) is 15.2 Å². The first-order chi connectivity index (χ1) is 15.5. The molecule has 10 nitrogen and oxygen atoms in total. The minimum atomic E-state index is -5.08. The standard InChI is InChI=1S/C18H23N5O3.C2HF3O2/c1-14(24)20-11-17(25)23-8-9-26-18(13-23)6-3-7-22(12-18)16-5-2-4-15(10-19)21-16;3-2(4,5)1(6)7/h2,4-5H,3,6-9,11-13H2,1H3,(H,20,24);(H,6,7). The van der Waals surface area contributed by atoms with E-state index in [9.17, 15) is 22.8 Å². The molecule has 0 aromatic carbocycles. The fourth-order valence-electron chi connectivity index (χ4n) is 3.57. The molecule has 2 saturated heterocycles. The number of nitrogens with zero attached hydrogens (tertiary/aromatic N) is 4. The number of carboxylic acids is 1. The zero-order valence-corrected chi connectivity index (χ0v) is 17.9. The number of aliphatic carboxylic acids is 1. The first kappa shape index (κ1) is 25.9. The van der Waals surface area contributed by atoms with Gasteiger partial charge in [0, 0.05) is 20.0 Å². The molecule has 3 heterocycles. The molecule has 1 aromatic rings. The Labute approximate surface area is 187 Å². The molecule has 2 aliphatic rings. The monoisotopic (exact) mass is 471 g/mol. The van der Waals surface area contributed by atoms with Gasteiger partial charge in [-0.3, -0.25) is 9.59 Å². The topological polar surface area (TPSA) is 136 Å². The van der Waals surface area contributed by atoms with E-state index in [-0.39, 0.29) is 18.4 Å². The van der Waals surface area contributed by atoms with E-state index in [4.69, 9.17) is 19.9 Å². The zero-order chi connectivity index (χ0) is 24.6. The van der Waals surface area contributed by atoms with Gasteiger partial charge in [-0.25, -0.2) is 9.78 Å². The molecule has 0 bridgehead atoms. The second-order valence-electron chi connectivity index (χ2n) is 7.58. The third-order valence-corrected chi connectivity index (χ3v) is 5.04. The predicted octanol–water partition coefficient (Wildman–Crippen LogP) is 0.920. The highest BCUT2D eigenvalue weighted by Gasteiger charge is 2.42. The van der Waals surface area contributed by atoms with Crippen LogP contribution in [-0.4, -0.2) is 83.9 Å². The van der Waals surface area contributed by atoms with Crippen molar-refractivity contribution in [2.45, 2.75) is 31.5 Å². The Morgan fingerprint density at radius 3 is 2.61 bits per heavy atom. The number of pyridine rings is 1. The molecule has 2 aliphatic heterocycles. The predicted molar refractivity (Wildman–Crippen MR) is 108 cm³/mol. The fourth-order valence-corrected chi connectivity index (χ4v) is 3.57. The van der Waals surface area contributed by atoms with Crippen molar-refractivity contribution in [3.8, 4) is 6.07 Å². The van der Waals surface area contributed by atoms with Crippen LogP contribution in [0.3, 0.4) is 0 Å². The summed E-state index contributed by atoms with van der Waals surface area (Å²) < 4.78 is 37.8. The molecule has 180 valence electrons. The van der Waals surface area contributed by atoms with Crippen LogP contribution in [0.1, 0.15) is 25.5 Å². The lowest BCUT2D eigenvalue weighted by atomic mass is 9.90. The van der Waals surface area contributed by atoms with Gasteiger partial charge in [-0.1, -0.05) is 6.07 Å². The lowest BCUT2D eigenvalue weighted by Crippen LogP contribution is -2.61. The van der Waals surface area contributed by atoms with E-state index in [1.54, 1.807) is 11.0 Å². The number of halogens is 3. The fraction of sp³-hybridized carbons (Fsp3) is 0.550. The normalized spacial score (nSPS) is 20.3. The summed E-state index contributed by atoms with van der Waals surface area (Å²) >= 11 is 0. The summed E-state index contributed by atoms with van der Waals surface area (Å²) in [6, 6.07) is 7.47. The number of carbonyl (C=O) groups excluding carboxylic acids is 2. The Balaban J connectivity index is 0.000000479. The van der Waals surface area contributed by atoms with E-state index in [1.807, 2.05) is 12.1 Å². The molecule has 2 amide bonds. The van der Waals surface area contributed by atoms with Crippen molar-refractivity contribution in [3.63, 3.8) is 0 Å². The summed E-state index contributed by atoms with van der Waals surface area (Å²) in [6.07, 6.45) is -3.29. The number of anilines is 1. The second kappa shape index (κ2) is 11.0. The lowest BCUT2D eigenvalue weighted by Gasteiger charge is -2.48. The molecule has 1 aromatic heterocycles. The highest BCUT2D eigenvalue weighted by Crippen LogP contribution is 2.31. The van der Waals surface area contributed by atoms with Crippen LogP contribution in [0.2, 0.25) is 0 Å². The third-order valence-electron chi connectivity index (χ3n) is 5.04. The van der Waals surface area contributed by atoms with Crippen molar-refractivity contribution in [2.24, 2.45) is 0 Å². The van der Waals surface area contributed by atoms with Crippen LogP contribution < -0.4 is 10.2 Å². The van der Waals surface area contributed by atoms with Gasteiger partial charge in [0.2, 0.25) is 11.8 Å². The van der Waals surface area contributed by atoms with E-state index in [0.717, 1.165) is 25.2 Å². The molecule has 33 heavy (non-hydrogen) atoms. The Kier molecular flexibility index (Phi) is 8.58. The molecule has 3 rings (SSSR count). The van der Waals surface area contributed by atoms with Crippen LogP contribution in [0.15, 0.2) is 18.2 Å². The number of hydrogen-bond acceptors (Lipinski definition) is 7. The van der Waals surface area contributed by atoms with E-state index >= 15 is 0 Å². The Bertz CT molecular complexity index is 916. The number of alkyl halides is 3. The SMILES string of the molecule is CC(=O)NCC(=O)N1CCOC2(CCCN(c3cccc(C#N)n3)C2)C1.O=C(O)C(F)(F)F. The molecule has 1 atom stereocenters. The number of carbonyl (C=O) groups is 3. The van der Waals surface area contributed by atoms with Gasteiger partial charge in [0.1, 0.15) is 23.2 Å². The number of amides is 2. The van der Waals surface area contributed by atoms with Gasteiger partial charge in [-0.05, 0) is 25.0 Å². The van der Waals surface area contributed by atoms with Crippen LogP contribution in [0, 0.1) is 11.3 Å². The summed E-state index contributed by atoms with van der Waals surface area (Å²) in [5.74, 6) is -2.31. The van der Waals surface area contributed by atoms with Crippen LogP contribution in [0.25, 0.3) is 0 Å². The molecule has 2 fully saturated rings. The molecule has 0 aliphatic carbocycles. The van der Waals surface area contributed by atoms with Crippen molar-refractivity contribution >= 4 is 23.6 Å². The smallest absolute Gasteiger partial charge is 0.475 e. The number of rotatable bonds is 3. The van der Waals surface area contributed by atoms with Crippen molar-refractivity contribution in [1.29, 1.82) is 5.26 Å². The number of carboxylic acid groups (broad SMARTS) is 1. The van der Waals surface area contributed by atoms with Gasteiger partial charge in [0.25, 0.3) is 0 Å². The molecule has 1 unspecified atom stereocenters. The summed E-state index contributed by atoms with van der Waals surface area (Å²) in [7, 11) is 0. The molecule has 2 N–H and O–H groups in total. The molecular formula is C20H24F3N5O5. The first-order valence-electron chi connectivity index (χ1n) is 10.0. The number of aromatic nitrogens is 1. The van der Waals surface area contributed by atoms with Crippen LogP contribution in [-0.2, 0) is 19.1 Å². The molecule has 0 saturated carbocycles. The number of piperidine rings is 1. The minimum absolute atomic E-state index is 0.0148. The summed E-state index contributed by atoms with van der Waals surface area (Å²) in [6.45, 7) is 4.38. The number of nitrogens with one attached hydrogen (secondary N) is 1. The first-order valence-corrected chi connectivity index (χ1v) is 10.0. The quantitative estimate of drug-likeness (QED) is 0.664. The summed E-state index contributed by atoms with van der Waals surface area (Å²) in [4.78, 5) is 40.5.